The van der Waals surface area contributed by atoms with Crippen LogP contribution in [0.5, 0.6) is 0 Å². The molecule has 1 heterocycles. The van der Waals surface area contributed by atoms with Gasteiger partial charge in [-0.05, 0) is 24.8 Å². The quantitative estimate of drug-likeness (QED) is 0.647. The number of amides is 4. The van der Waals surface area contributed by atoms with Crippen molar-refractivity contribution in [1.82, 2.24) is 20.9 Å². The second-order valence-electron chi connectivity index (χ2n) is 8.59. The van der Waals surface area contributed by atoms with E-state index in [-0.39, 0.29) is 30.3 Å². The fraction of sp³-hybridized carbons (Fsp3) is 0.625. The highest BCUT2D eigenvalue weighted by molar-refractivity contribution is 5.88. The molecule has 0 unspecified atom stereocenters. The maximum atomic E-state index is 13.5. The Balaban J connectivity index is 1.68. The van der Waals surface area contributed by atoms with Gasteiger partial charge in [0.15, 0.2) is 0 Å². The van der Waals surface area contributed by atoms with E-state index in [2.05, 4.69) is 16.0 Å². The van der Waals surface area contributed by atoms with Crippen molar-refractivity contribution < 1.29 is 19.1 Å². The zero-order chi connectivity index (χ0) is 22.6. The predicted molar refractivity (Wildman–Crippen MR) is 122 cm³/mol. The summed E-state index contributed by atoms with van der Waals surface area (Å²) in [6.45, 7) is 2.29. The molecule has 32 heavy (non-hydrogen) atoms. The van der Waals surface area contributed by atoms with E-state index in [9.17, 15) is 14.4 Å². The van der Waals surface area contributed by atoms with Gasteiger partial charge in [-0.15, -0.1) is 0 Å². The zero-order valence-corrected chi connectivity index (χ0v) is 18.8. The van der Waals surface area contributed by atoms with E-state index in [0.29, 0.717) is 45.7 Å². The van der Waals surface area contributed by atoms with E-state index in [1.54, 1.807) is 4.90 Å². The summed E-state index contributed by atoms with van der Waals surface area (Å²) < 4.78 is 5.51. The number of carbonyl (C=O) groups excluding carboxylic acids is 3. The molecule has 0 radical (unpaired) electrons. The van der Waals surface area contributed by atoms with Crippen LogP contribution in [0.4, 0.5) is 4.79 Å². The number of hydrogen-bond acceptors (Lipinski definition) is 4. The summed E-state index contributed by atoms with van der Waals surface area (Å²) in [5, 5.41) is 8.77. The number of nitrogens with one attached hydrogen (secondary N) is 3. The monoisotopic (exact) mass is 444 g/mol. The predicted octanol–water partition coefficient (Wildman–Crippen LogP) is 1.98. The number of urea groups is 1. The third-order valence-electron chi connectivity index (χ3n) is 6.03. The number of nitrogens with zero attached hydrogens (tertiary/aromatic N) is 1. The lowest BCUT2D eigenvalue weighted by Gasteiger charge is -2.29. The second kappa shape index (κ2) is 13.1. The Morgan fingerprint density at radius 2 is 1.84 bits per heavy atom. The van der Waals surface area contributed by atoms with E-state index >= 15 is 0 Å². The molecule has 2 aliphatic rings. The van der Waals surface area contributed by atoms with Gasteiger partial charge in [0.1, 0.15) is 6.04 Å². The van der Waals surface area contributed by atoms with Gasteiger partial charge in [-0.2, -0.15) is 0 Å². The topological polar surface area (TPSA) is 99.8 Å². The normalized spacial score (nSPS) is 19.9. The summed E-state index contributed by atoms with van der Waals surface area (Å²) >= 11 is 0. The Bertz CT molecular complexity index is 737. The number of carbonyl (C=O) groups is 3. The number of benzene rings is 1. The lowest BCUT2D eigenvalue weighted by atomic mass is 9.96. The SMILES string of the molecule is O=C1CCN(C(=O)[C@H](Cc2ccccc2)NC(=O)NC2CCCCC2)CCCOCCN1. The van der Waals surface area contributed by atoms with Crippen LogP contribution in [0.25, 0.3) is 0 Å². The van der Waals surface area contributed by atoms with Gasteiger partial charge in [-0.3, -0.25) is 9.59 Å². The standard InChI is InChI=1S/C24H36N4O4/c29-22-12-15-28(14-7-16-32-17-13-25-22)23(30)21(18-19-8-3-1-4-9-19)27-24(31)26-20-10-5-2-6-11-20/h1,3-4,8-9,20-21H,2,5-7,10-18H2,(H,25,29)(H2,26,27,31)/t21-/m0/s1. The van der Waals surface area contributed by atoms with Crippen molar-refractivity contribution in [1.29, 1.82) is 0 Å². The summed E-state index contributed by atoms with van der Waals surface area (Å²) in [5.41, 5.74) is 0.975. The Morgan fingerprint density at radius 1 is 1.06 bits per heavy atom. The van der Waals surface area contributed by atoms with Crippen molar-refractivity contribution in [2.24, 2.45) is 0 Å². The number of ether oxygens (including phenoxy) is 1. The molecule has 1 saturated heterocycles. The van der Waals surface area contributed by atoms with Crippen LogP contribution in [-0.4, -0.2) is 67.7 Å². The van der Waals surface area contributed by atoms with Crippen LogP contribution >= 0.6 is 0 Å². The van der Waals surface area contributed by atoms with Crippen LogP contribution in [0.1, 0.15) is 50.5 Å². The van der Waals surface area contributed by atoms with Gasteiger partial charge in [0, 0.05) is 45.1 Å². The smallest absolute Gasteiger partial charge is 0.315 e. The fourth-order valence-corrected chi connectivity index (χ4v) is 4.28. The molecule has 2 fully saturated rings. The summed E-state index contributed by atoms with van der Waals surface area (Å²) in [6.07, 6.45) is 6.73. The summed E-state index contributed by atoms with van der Waals surface area (Å²) in [7, 11) is 0. The summed E-state index contributed by atoms with van der Waals surface area (Å²) in [5.74, 6) is -0.268. The zero-order valence-electron chi connectivity index (χ0n) is 18.8. The van der Waals surface area contributed by atoms with Gasteiger partial charge in [0.05, 0.1) is 6.61 Å². The Morgan fingerprint density at radius 3 is 2.62 bits per heavy atom. The summed E-state index contributed by atoms with van der Waals surface area (Å²) in [6, 6.07) is 8.84. The van der Waals surface area contributed by atoms with E-state index in [4.69, 9.17) is 4.74 Å². The van der Waals surface area contributed by atoms with Crippen molar-refractivity contribution in [2.45, 2.75) is 63.5 Å². The van der Waals surface area contributed by atoms with Crippen LogP contribution in [0.15, 0.2) is 30.3 Å². The molecule has 8 nitrogen and oxygen atoms in total. The first kappa shape index (κ1) is 24.0. The van der Waals surface area contributed by atoms with Crippen LogP contribution < -0.4 is 16.0 Å². The van der Waals surface area contributed by atoms with Gasteiger partial charge in [0.2, 0.25) is 11.8 Å². The molecular formula is C24H36N4O4. The Labute approximate surface area is 190 Å². The Hall–Kier alpha value is -2.61. The molecule has 3 N–H and O–H groups in total. The molecule has 1 aromatic carbocycles. The second-order valence-corrected chi connectivity index (χ2v) is 8.59. The molecule has 1 atom stereocenters. The molecule has 3 rings (SSSR count). The minimum atomic E-state index is -0.699. The maximum Gasteiger partial charge on any atom is 0.315 e. The van der Waals surface area contributed by atoms with Crippen molar-refractivity contribution in [3.63, 3.8) is 0 Å². The molecule has 4 amide bonds. The molecule has 0 aromatic heterocycles. The van der Waals surface area contributed by atoms with E-state index in [0.717, 1.165) is 31.2 Å². The molecule has 8 heteroatoms. The third-order valence-corrected chi connectivity index (χ3v) is 6.03. The van der Waals surface area contributed by atoms with Gasteiger partial charge < -0.3 is 25.6 Å². The lowest BCUT2D eigenvalue weighted by Crippen LogP contribution is -2.54. The molecule has 0 bridgehead atoms. The lowest BCUT2D eigenvalue weighted by molar-refractivity contribution is -0.134. The van der Waals surface area contributed by atoms with Crippen LogP contribution in [-0.2, 0) is 20.7 Å². The molecule has 1 aliphatic heterocycles. The minimum absolute atomic E-state index is 0.101. The number of hydrogen-bond donors (Lipinski definition) is 3. The number of rotatable bonds is 5. The Kier molecular flexibility index (Phi) is 9.81. The van der Waals surface area contributed by atoms with Crippen LogP contribution in [0, 0.1) is 0 Å². The average Bonchev–Trinajstić information content (AvgIpc) is 2.85. The molecule has 1 saturated carbocycles. The minimum Gasteiger partial charge on any atom is -0.380 e. The van der Waals surface area contributed by atoms with Gasteiger partial charge in [-0.25, -0.2) is 4.79 Å². The highest BCUT2D eigenvalue weighted by atomic mass is 16.5. The first-order chi connectivity index (χ1) is 15.6. The van der Waals surface area contributed by atoms with E-state index in [1.165, 1.54) is 6.42 Å². The molecule has 176 valence electrons. The molecule has 1 aliphatic carbocycles. The van der Waals surface area contributed by atoms with Gasteiger partial charge in [-0.1, -0.05) is 49.6 Å². The average molecular weight is 445 g/mol. The largest absolute Gasteiger partial charge is 0.380 e. The highest BCUT2D eigenvalue weighted by Gasteiger charge is 2.27. The molecular weight excluding hydrogens is 408 g/mol. The molecule has 0 spiro atoms. The van der Waals surface area contributed by atoms with E-state index < -0.39 is 6.04 Å². The third kappa shape index (κ3) is 8.15. The van der Waals surface area contributed by atoms with Gasteiger partial charge >= 0.3 is 6.03 Å². The van der Waals surface area contributed by atoms with E-state index in [1.807, 2.05) is 30.3 Å². The first-order valence-electron chi connectivity index (χ1n) is 11.9. The molecule has 1 aromatic rings. The fourth-order valence-electron chi connectivity index (χ4n) is 4.28. The van der Waals surface area contributed by atoms with Crippen molar-refractivity contribution >= 4 is 17.8 Å². The van der Waals surface area contributed by atoms with Crippen LogP contribution in [0.3, 0.4) is 0 Å². The van der Waals surface area contributed by atoms with Crippen LogP contribution in [0.2, 0.25) is 0 Å². The maximum absolute atomic E-state index is 13.5. The highest BCUT2D eigenvalue weighted by Crippen LogP contribution is 2.17. The first-order valence-corrected chi connectivity index (χ1v) is 11.9. The van der Waals surface area contributed by atoms with Crippen molar-refractivity contribution in [3.05, 3.63) is 35.9 Å². The van der Waals surface area contributed by atoms with Gasteiger partial charge in [0.25, 0.3) is 0 Å². The van der Waals surface area contributed by atoms with Crippen molar-refractivity contribution in [3.8, 4) is 0 Å². The van der Waals surface area contributed by atoms with Crippen molar-refractivity contribution in [2.75, 3.05) is 32.8 Å². The summed E-state index contributed by atoms with van der Waals surface area (Å²) in [4.78, 5) is 40.0.